The van der Waals surface area contributed by atoms with Crippen molar-refractivity contribution < 1.29 is 307 Å². The fourth-order valence-electron chi connectivity index (χ4n) is 7.73. The molecule has 0 heterocycles. The third kappa shape index (κ3) is 80.7. The number of carboxylic acids is 2. The molecule has 84 heavy (non-hydrogen) atoms. The van der Waals surface area contributed by atoms with E-state index in [0.717, 1.165) is 64.2 Å². The Hall–Kier alpha value is 2.65. The van der Waals surface area contributed by atoms with Gasteiger partial charge < -0.3 is 54.9 Å². The molecule has 8 N–H and O–H groups in total. The van der Waals surface area contributed by atoms with Crippen LogP contribution in [-0.4, -0.2) is 88.0 Å². The van der Waals surface area contributed by atoms with Crippen molar-refractivity contribution in [2.45, 2.75) is 315 Å². The minimum Gasteiger partial charge on any atom is -1.00 e. The van der Waals surface area contributed by atoms with E-state index in [0.29, 0.717) is 25.7 Å². The van der Waals surface area contributed by atoms with Crippen LogP contribution in [0.1, 0.15) is 306 Å². The Bertz CT molecular complexity index is 1580. The second-order valence-electron chi connectivity index (χ2n) is 20.3. The van der Waals surface area contributed by atoms with Crippen LogP contribution in [0.15, 0.2) is 0 Å². The third-order valence-corrected chi connectivity index (χ3v) is 12.7. The van der Waals surface area contributed by atoms with Gasteiger partial charge in [-0.25, -0.2) is 9.59 Å². The molecule has 25 heteroatoms. The van der Waals surface area contributed by atoms with E-state index in [1.165, 1.54) is 116 Å². The second-order valence-corrected chi connectivity index (χ2v) is 20.3. The fourth-order valence-corrected chi connectivity index (χ4v) is 7.73. The van der Waals surface area contributed by atoms with Gasteiger partial charge in [0.05, 0.1) is 0 Å². The second kappa shape index (κ2) is 79.9. The van der Waals surface area contributed by atoms with Crippen LogP contribution in [0.25, 0.3) is 0 Å². The average molecular weight is 1290 g/mol. The molecule has 0 aromatic carbocycles. The number of rotatable bonds is 48. The summed E-state index contributed by atoms with van der Waals surface area (Å²) in [7, 11) is 0. The molecule has 0 fully saturated rings. The van der Waals surface area contributed by atoms with Crippen molar-refractivity contribution in [3.63, 3.8) is 0 Å². The van der Waals surface area contributed by atoms with Crippen molar-refractivity contribution >= 4 is 59.7 Å². The van der Waals surface area contributed by atoms with Gasteiger partial charge in [-0.3, -0.25) is 38.4 Å². The Morgan fingerprint density at radius 2 is 0.488 bits per heavy atom. The van der Waals surface area contributed by atoms with E-state index in [9.17, 15) is 47.9 Å². The minimum atomic E-state index is -1.17. The molecule has 0 rings (SSSR count). The maximum absolute atomic E-state index is 11.9. The topological polar surface area (TPSA) is 326 Å². The quantitative estimate of drug-likeness (QED) is 0.0125. The number of ether oxygens (including phenoxy) is 4. The molecule has 19 nitrogen and oxygen atoms in total. The first kappa shape index (κ1) is 105. The molecule has 0 aliphatic heterocycles. The van der Waals surface area contributed by atoms with Crippen molar-refractivity contribution in [2.75, 3.05) is 0 Å². The van der Waals surface area contributed by atoms with Gasteiger partial charge in [-0.05, 0) is 44.9 Å². The van der Waals surface area contributed by atoms with Crippen LogP contribution in [0.2, 0.25) is 0 Å². The summed E-state index contributed by atoms with van der Waals surface area (Å²) in [5, 5.41) is 16.3. The average Bonchev–Trinajstić information content (AvgIpc) is 3.39. The molecule has 0 unspecified atom stereocenters. The summed E-state index contributed by atoms with van der Waals surface area (Å²) in [6.45, 7) is 8.74. The molecule has 0 aliphatic rings. The predicted molar refractivity (Wildman–Crippen MR) is 307 cm³/mol. The standard InChI is InChI=1S/2C27H49NO6.C5H9NO4.2K.4Na.6H/c2*1-3-5-7-9-11-13-15-17-19-24(29)33-26(31)22-21-23(28)27(32)34-25(30)20-18-16-14-12-10-8-6-4-2;6-3(5(9)10)1-2-4(7)8;;;;;;;;;;;;/h2*23H,3-22,28H2,1-2H3;3H,1-2,6H2,(H,7,8)(H,9,10);;;;;;;;;;;;/q;;;6*+1;6*-1/t2*23-;3-;;;;;;;;;;;;/m000............/s1. The predicted octanol–water partition coefficient (Wildman–Crippen LogP) is -5.45. The number of carboxylic acid groups (broad SMARTS) is 2. The normalized spacial score (nSPS) is 11.0. The van der Waals surface area contributed by atoms with E-state index < -0.39 is 77.8 Å². The first-order valence-corrected chi connectivity index (χ1v) is 30.0. The molecule has 0 aromatic rings. The van der Waals surface area contributed by atoms with E-state index in [-0.39, 0.29) is 294 Å². The summed E-state index contributed by atoms with van der Waals surface area (Å²) in [6, 6.07) is -3.26. The van der Waals surface area contributed by atoms with Crippen LogP contribution in [-0.2, 0) is 66.9 Å². The molecular formula is C59H113K2N3Na4O16. The number of carbonyl (C=O) groups excluding carboxylic acids is 8. The van der Waals surface area contributed by atoms with E-state index in [4.69, 9.17) is 46.4 Å². The van der Waals surface area contributed by atoms with Crippen molar-refractivity contribution in [3.8, 4) is 0 Å². The van der Waals surface area contributed by atoms with E-state index in [1.54, 1.807) is 0 Å². The Morgan fingerprint density at radius 1 is 0.298 bits per heavy atom. The zero-order chi connectivity index (χ0) is 59.0. The summed E-state index contributed by atoms with van der Waals surface area (Å²) >= 11 is 0. The van der Waals surface area contributed by atoms with Crippen LogP contribution in [0, 0.1) is 0 Å². The molecule has 0 aliphatic carbocycles. The third-order valence-electron chi connectivity index (χ3n) is 12.7. The van der Waals surface area contributed by atoms with Crippen molar-refractivity contribution in [2.24, 2.45) is 17.2 Å². The van der Waals surface area contributed by atoms with Gasteiger partial charge in [0.1, 0.15) is 18.1 Å². The van der Waals surface area contributed by atoms with Gasteiger partial charge in [-0.1, -0.05) is 207 Å². The molecule has 0 saturated heterocycles. The van der Waals surface area contributed by atoms with Crippen LogP contribution in [0.4, 0.5) is 0 Å². The monoisotopic (exact) mass is 1290 g/mol. The molecular weight excluding hydrogens is 1180 g/mol. The summed E-state index contributed by atoms with van der Waals surface area (Å²) in [4.78, 5) is 114. The number of nitrogens with two attached hydrogens (primary N) is 3. The Balaban J connectivity index is -0.0000000745. The number of carbonyl (C=O) groups is 10. The van der Waals surface area contributed by atoms with Gasteiger partial charge in [0.2, 0.25) is 0 Å². The molecule has 466 valence electrons. The van der Waals surface area contributed by atoms with Crippen LogP contribution >= 0.6 is 0 Å². The van der Waals surface area contributed by atoms with Gasteiger partial charge in [0.15, 0.2) is 0 Å². The van der Waals surface area contributed by atoms with Crippen LogP contribution < -0.4 is 238 Å². The van der Waals surface area contributed by atoms with Crippen molar-refractivity contribution in [1.29, 1.82) is 0 Å². The number of hydrogen-bond acceptors (Lipinski definition) is 17. The molecule has 0 radical (unpaired) electrons. The zero-order valence-corrected chi connectivity index (χ0v) is 69.0. The molecule has 0 saturated carbocycles. The van der Waals surface area contributed by atoms with Gasteiger partial charge in [-0.15, -0.1) is 0 Å². The van der Waals surface area contributed by atoms with Crippen molar-refractivity contribution in [1.82, 2.24) is 0 Å². The van der Waals surface area contributed by atoms with Gasteiger partial charge >= 0.3 is 281 Å². The Labute approximate surface area is 688 Å². The van der Waals surface area contributed by atoms with E-state index in [2.05, 4.69) is 27.7 Å². The van der Waals surface area contributed by atoms with Gasteiger partial charge in [-0.2, -0.15) is 0 Å². The number of hydrogen-bond donors (Lipinski definition) is 5. The van der Waals surface area contributed by atoms with Crippen LogP contribution in [0.5, 0.6) is 0 Å². The summed E-state index contributed by atoms with van der Waals surface area (Å²) in [5.41, 5.74) is 16.4. The van der Waals surface area contributed by atoms with E-state index >= 15 is 0 Å². The first-order chi connectivity index (χ1) is 37.3. The smallest absolute Gasteiger partial charge is 1.00 e. The van der Waals surface area contributed by atoms with Crippen LogP contribution in [0.3, 0.4) is 0 Å². The number of esters is 8. The summed E-state index contributed by atoms with van der Waals surface area (Å²) < 4.78 is 19.1. The summed E-state index contributed by atoms with van der Waals surface area (Å²) in [6.07, 6.45) is 35.5. The Morgan fingerprint density at radius 3 is 0.702 bits per heavy atom. The number of unbranched alkanes of at least 4 members (excludes halogenated alkanes) is 28. The number of aliphatic carboxylic acids is 2. The maximum atomic E-state index is 11.9. The molecule has 0 aromatic heterocycles. The molecule has 3 atom stereocenters. The maximum Gasteiger partial charge on any atom is 1.00 e. The first-order valence-electron chi connectivity index (χ1n) is 30.0. The summed E-state index contributed by atoms with van der Waals surface area (Å²) in [5.74, 6) is -7.58. The van der Waals surface area contributed by atoms with E-state index in [1.807, 2.05) is 0 Å². The van der Waals surface area contributed by atoms with Gasteiger partial charge in [0, 0.05) is 44.9 Å². The minimum absolute atomic E-state index is 0. The SMILES string of the molecule is CCCCCCCCCCC(=O)OC(=O)CC[C@H](N)C(=O)OC(=O)CCCCCCCCCC.CCCCCCCCCCC(=O)OC(=O)CC[C@H](N)C(=O)OC(=O)CCCCCCCCCC.N[C@@H](CCC(=O)O)C(=O)O.[H-].[H-].[H-].[H-].[H-].[H-].[K+].[K+].[Na+].[Na+].[Na+].[Na+]. The zero-order valence-electron chi connectivity index (χ0n) is 60.8. The largest absolute Gasteiger partial charge is 1.00 e. The fraction of sp³-hybridized carbons (Fsp3) is 0.831. The van der Waals surface area contributed by atoms with Crippen molar-refractivity contribution in [3.05, 3.63) is 0 Å². The molecule has 0 bridgehead atoms. The van der Waals surface area contributed by atoms with Gasteiger partial charge in [0.25, 0.3) is 0 Å². The Kier molecular flexibility index (Phi) is 100. The molecule has 0 amide bonds. The molecule has 0 spiro atoms.